The molecule has 1 heterocycles. The second kappa shape index (κ2) is 10.1. The number of aromatic nitrogens is 3. The third kappa shape index (κ3) is 6.07. The largest absolute Gasteiger partial charge is 0.433 e. The third-order valence-corrected chi connectivity index (χ3v) is 4.56. The van der Waals surface area contributed by atoms with Crippen LogP contribution in [0.4, 0.5) is 14.5 Å². The highest BCUT2D eigenvalue weighted by Gasteiger charge is 2.20. The van der Waals surface area contributed by atoms with Gasteiger partial charge in [0.1, 0.15) is 5.75 Å². The summed E-state index contributed by atoms with van der Waals surface area (Å²) in [5.74, 6) is -0.571. The number of hydrogen-bond acceptors (Lipinski definition) is 6. The summed E-state index contributed by atoms with van der Waals surface area (Å²) in [6.07, 6.45) is 0.614. The number of thioether (sulfide) groups is 1. The van der Waals surface area contributed by atoms with E-state index in [9.17, 15) is 18.4 Å². The summed E-state index contributed by atoms with van der Waals surface area (Å²) in [6.45, 7) is -0.501. The average molecular weight is 402 g/mol. The zero-order valence-corrected chi connectivity index (χ0v) is 15.6. The number of H-pyrrole nitrogens is 1. The lowest BCUT2D eigenvalue weighted by atomic mass is 10.3. The second-order valence-electron chi connectivity index (χ2n) is 5.43. The molecular weight excluding hydrogens is 382 g/mol. The number of carbonyl (C=O) groups is 1. The Morgan fingerprint density at radius 1 is 1.41 bits per heavy atom. The van der Waals surface area contributed by atoms with E-state index in [0.717, 1.165) is 11.8 Å². The molecule has 1 aromatic heterocycles. The van der Waals surface area contributed by atoms with Crippen LogP contribution in [0.5, 0.6) is 5.75 Å². The number of methoxy groups -OCH3 is 1. The number of nitrogens with one attached hydrogen (secondary N) is 2. The molecule has 2 aromatic rings. The molecule has 2 rings (SSSR count). The maximum Gasteiger partial charge on any atom is 0.387 e. The van der Waals surface area contributed by atoms with Crippen LogP contribution in [0.15, 0.2) is 34.2 Å². The Bertz CT molecular complexity index is 812. The van der Waals surface area contributed by atoms with Gasteiger partial charge in [0.15, 0.2) is 5.16 Å². The Labute approximate surface area is 158 Å². The van der Waals surface area contributed by atoms with E-state index < -0.39 is 17.8 Å². The fraction of sp³-hybridized carbons (Fsp3) is 0.438. The second-order valence-corrected chi connectivity index (χ2v) is 6.74. The van der Waals surface area contributed by atoms with E-state index in [2.05, 4.69) is 20.3 Å². The Balaban J connectivity index is 2.04. The zero-order chi connectivity index (χ0) is 19.8. The first-order chi connectivity index (χ1) is 12.9. The number of anilines is 1. The fourth-order valence-corrected chi connectivity index (χ4v) is 3.05. The van der Waals surface area contributed by atoms with Crippen LogP contribution in [0, 0.1) is 0 Å². The van der Waals surface area contributed by atoms with Crippen molar-refractivity contribution in [3.63, 3.8) is 0 Å². The summed E-state index contributed by atoms with van der Waals surface area (Å²) in [6, 6.07) is 5.91. The van der Waals surface area contributed by atoms with E-state index in [1.54, 1.807) is 20.1 Å². The van der Waals surface area contributed by atoms with Gasteiger partial charge in [-0.2, -0.15) is 8.78 Å². The maximum atomic E-state index is 12.5. The molecule has 1 atom stereocenters. The maximum absolute atomic E-state index is 12.5. The summed E-state index contributed by atoms with van der Waals surface area (Å²) < 4.78 is 35.7. The van der Waals surface area contributed by atoms with Crippen molar-refractivity contribution in [3.05, 3.63) is 34.7 Å². The lowest BCUT2D eigenvalue weighted by Crippen LogP contribution is -2.24. The van der Waals surface area contributed by atoms with Crippen LogP contribution < -0.4 is 15.7 Å². The molecule has 0 bridgehead atoms. The number of hydrogen-bond donors (Lipinski definition) is 2. The minimum Gasteiger partial charge on any atom is -0.433 e. The van der Waals surface area contributed by atoms with Gasteiger partial charge in [0, 0.05) is 20.3 Å². The number of halogens is 2. The van der Waals surface area contributed by atoms with Crippen molar-refractivity contribution in [2.24, 2.45) is 0 Å². The number of aromatic amines is 1. The van der Waals surface area contributed by atoms with Gasteiger partial charge in [0.05, 0.1) is 10.9 Å². The van der Waals surface area contributed by atoms with Crippen LogP contribution in [-0.2, 0) is 16.1 Å². The number of nitrogens with zero attached hydrogens (tertiary/aromatic N) is 2. The van der Waals surface area contributed by atoms with E-state index in [4.69, 9.17) is 4.74 Å². The number of amides is 1. The highest BCUT2D eigenvalue weighted by atomic mass is 32.2. The summed E-state index contributed by atoms with van der Waals surface area (Å²) in [4.78, 5) is 24.2. The standard InChI is InChI=1S/C16H20F2N4O4S/c1-10(27-16-21-20-15(24)22(16)8-5-9-25-2)13(23)19-11-6-3-4-7-12(11)26-14(17)18/h3-4,6-7,10,14H,5,8-9H2,1-2H3,(H,19,23)(H,20,24)/t10-/m0/s1. The molecule has 1 amide bonds. The highest BCUT2D eigenvalue weighted by molar-refractivity contribution is 8.00. The number of benzene rings is 1. The van der Waals surface area contributed by atoms with Crippen molar-refractivity contribution in [2.45, 2.75) is 36.9 Å². The lowest BCUT2D eigenvalue weighted by molar-refractivity contribution is -0.115. The molecule has 27 heavy (non-hydrogen) atoms. The van der Waals surface area contributed by atoms with Gasteiger partial charge in [-0.25, -0.2) is 9.89 Å². The number of alkyl halides is 2. The van der Waals surface area contributed by atoms with Gasteiger partial charge in [0.2, 0.25) is 5.91 Å². The molecule has 0 radical (unpaired) electrons. The van der Waals surface area contributed by atoms with Crippen LogP contribution >= 0.6 is 11.8 Å². The molecule has 0 aliphatic carbocycles. The number of carbonyl (C=O) groups excluding carboxylic acids is 1. The van der Waals surface area contributed by atoms with E-state index >= 15 is 0 Å². The van der Waals surface area contributed by atoms with Crippen LogP contribution in [-0.4, -0.2) is 46.2 Å². The van der Waals surface area contributed by atoms with E-state index in [1.165, 1.54) is 22.8 Å². The number of ether oxygens (including phenoxy) is 2. The normalized spacial score (nSPS) is 12.2. The first-order valence-electron chi connectivity index (χ1n) is 8.08. The lowest BCUT2D eigenvalue weighted by Gasteiger charge is -2.15. The Hall–Kier alpha value is -2.40. The molecule has 0 saturated carbocycles. The highest BCUT2D eigenvalue weighted by Crippen LogP contribution is 2.27. The minimum absolute atomic E-state index is 0.130. The molecule has 0 spiro atoms. The van der Waals surface area contributed by atoms with Crippen LogP contribution in [0.1, 0.15) is 13.3 Å². The van der Waals surface area contributed by atoms with Crippen LogP contribution in [0.2, 0.25) is 0 Å². The molecule has 148 valence electrons. The van der Waals surface area contributed by atoms with Crippen molar-refractivity contribution in [3.8, 4) is 5.75 Å². The number of rotatable bonds is 10. The van der Waals surface area contributed by atoms with E-state index in [-0.39, 0.29) is 17.1 Å². The Kier molecular flexibility index (Phi) is 7.80. The van der Waals surface area contributed by atoms with Gasteiger partial charge in [-0.05, 0) is 25.5 Å². The van der Waals surface area contributed by atoms with Gasteiger partial charge >= 0.3 is 12.3 Å². The zero-order valence-electron chi connectivity index (χ0n) is 14.8. The topological polar surface area (TPSA) is 98.2 Å². The molecule has 0 unspecified atom stereocenters. The van der Waals surface area contributed by atoms with E-state index in [0.29, 0.717) is 24.7 Å². The van der Waals surface area contributed by atoms with Crippen molar-refractivity contribution in [1.29, 1.82) is 0 Å². The molecule has 0 aliphatic heterocycles. The first kappa shape index (κ1) is 20.9. The molecule has 0 aliphatic rings. The van der Waals surface area contributed by atoms with Crippen molar-refractivity contribution >= 4 is 23.4 Å². The predicted molar refractivity (Wildman–Crippen MR) is 96.4 cm³/mol. The smallest absolute Gasteiger partial charge is 0.387 e. The molecule has 0 fully saturated rings. The summed E-state index contributed by atoms with van der Waals surface area (Å²) >= 11 is 1.07. The monoisotopic (exact) mass is 402 g/mol. The van der Waals surface area contributed by atoms with Gasteiger partial charge in [0.25, 0.3) is 0 Å². The molecule has 11 heteroatoms. The van der Waals surface area contributed by atoms with E-state index in [1.807, 2.05) is 0 Å². The molecule has 8 nitrogen and oxygen atoms in total. The van der Waals surface area contributed by atoms with Crippen molar-refractivity contribution < 1.29 is 23.0 Å². The molecule has 1 aromatic carbocycles. The van der Waals surface area contributed by atoms with Gasteiger partial charge in [-0.1, -0.05) is 23.9 Å². The fourth-order valence-electron chi connectivity index (χ4n) is 2.17. The average Bonchev–Trinajstić information content (AvgIpc) is 2.96. The van der Waals surface area contributed by atoms with Gasteiger partial charge < -0.3 is 14.8 Å². The quantitative estimate of drug-likeness (QED) is 0.468. The van der Waals surface area contributed by atoms with Gasteiger partial charge in [-0.3, -0.25) is 9.36 Å². The SMILES string of the molecule is COCCCn1c(S[C@@H](C)C(=O)Nc2ccccc2OC(F)F)n[nH]c1=O. The first-order valence-corrected chi connectivity index (χ1v) is 8.95. The van der Waals surface area contributed by atoms with Crippen LogP contribution in [0.25, 0.3) is 0 Å². The molecular formula is C16H20F2N4O4S. The summed E-state index contributed by atoms with van der Waals surface area (Å²) in [5.41, 5.74) is -0.244. The molecule has 0 saturated heterocycles. The third-order valence-electron chi connectivity index (χ3n) is 3.47. The van der Waals surface area contributed by atoms with Gasteiger partial charge in [-0.15, -0.1) is 5.10 Å². The Morgan fingerprint density at radius 2 is 2.15 bits per heavy atom. The summed E-state index contributed by atoms with van der Waals surface area (Å²) in [5, 5.41) is 8.54. The van der Waals surface area contributed by atoms with Crippen LogP contribution in [0.3, 0.4) is 0 Å². The van der Waals surface area contributed by atoms with Crippen molar-refractivity contribution in [2.75, 3.05) is 19.0 Å². The molecule has 2 N–H and O–H groups in total. The summed E-state index contributed by atoms with van der Waals surface area (Å²) in [7, 11) is 1.57. The minimum atomic E-state index is -3.00. The predicted octanol–water partition coefficient (Wildman–Crippen LogP) is 2.33. The Morgan fingerprint density at radius 3 is 2.85 bits per heavy atom. The van der Waals surface area contributed by atoms with Crippen molar-refractivity contribution in [1.82, 2.24) is 14.8 Å². The number of para-hydroxylation sites is 2.